The van der Waals surface area contributed by atoms with Crippen LogP contribution in [0.2, 0.25) is 0 Å². The number of methoxy groups -OCH3 is 1. The van der Waals surface area contributed by atoms with Gasteiger partial charge in [-0.3, -0.25) is 0 Å². The summed E-state index contributed by atoms with van der Waals surface area (Å²) in [6.45, 7) is 2.08. The number of hydrogen-bond acceptors (Lipinski definition) is 3. The zero-order valence-electron chi connectivity index (χ0n) is 10.0. The minimum atomic E-state index is -0.0337. The quantitative estimate of drug-likeness (QED) is 0.893. The number of nitrogens with one attached hydrogen (secondary N) is 1. The molecule has 4 heteroatoms. The monoisotopic (exact) mass is 299 g/mol. The molecule has 94 valence electrons. The van der Waals surface area contributed by atoms with Gasteiger partial charge >= 0.3 is 0 Å². The fourth-order valence-corrected chi connectivity index (χ4v) is 2.84. The van der Waals surface area contributed by atoms with Gasteiger partial charge in [0.25, 0.3) is 0 Å². The van der Waals surface area contributed by atoms with Crippen LogP contribution < -0.4 is 10.1 Å². The summed E-state index contributed by atoms with van der Waals surface area (Å²) in [6, 6.07) is 6.02. The van der Waals surface area contributed by atoms with Crippen molar-refractivity contribution in [2.45, 2.75) is 12.8 Å². The third kappa shape index (κ3) is 2.81. The van der Waals surface area contributed by atoms with Crippen molar-refractivity contribution in [3.8, 4) is 5.75 Å². The van der Waals surface area contributed by atoms with Crippen molar-refractivity contribution in [3.63, 3.8) is 0 Å². The van der Waals surface area contributed by atoms with E-state index in [4.69, 9.17) is 4.74 Å². The molecule has 1 saturated heterocycles. The van der Waals surface area contributed by atoms with Gasteiger partial charge < -0.3 is 15.2 Å². The fraction of sp³-hybridized carbons (Fsp3) is 0.538. The largest absolute Gasteiger partial charge is 0.496 e. The molecule has 0 amide bonds. The maximum atomic E-state index is 9.62. The van der Waals surface area contributed by atoms with Gasteiger partial charge in [-0.25, -0.2) is 0 Å². The zero-order chi connectivity index (χ0) is 12.3. The fourth-order valence-electron chi connectivity index (χ4n) is 2.43. The van der Waals surface area contributed by atoms with Gasteiger partial charge in [-0.15, -0.1) is 0 Å². The first-order valence-electron chi connectivity index (χ1n) is 5.83. The molecule has 1 atom stereocenters. The molecule has 3 nitrogen and oxygen atoms in total. The molecule has 1 heterocycles. The number of benzene rings is 1. The topological polar surface area (TPSA) is 41.5 Å². The van der Waals surface area contributed by atoms with E-state index in [0.29, 0.717) is 0 Å². The predicted molar refractivity (Wildman–Crippen MR) is 71.4 cm³/mol. The first-order chi connectivity index (χ1) is 8.19. The maximum Gasteiger partial charge on any atom is 0.122 e. The molecule has 1 unspecified atom stereocenters. The number of rotatable bonds is 4. The molecule has 1 aliphatic rings. The molecule has 0 aliphatic carbocycles. The average Bonchev–Trinajstić information content (AvgIpc) is 2.79. The number of hydrogen-bond donors (Lipinski definition) is 2. The van der Waals surface area contributed by atoms with Crippen LogP contribution in [-0.2, 0) is 6.42 Å². The summed E-state index contributed by atoms with van der Waals surface area (Å²) in [4.78, 5) is 0. The smallest absolute Gasteiger partial charge is 0.122 e. The Bertz CT molecular complexity index is 389. The second-order valence-electron chi connectivity index (χ2n) is 4.72. The Balaban J connectivity index is 2.24. The lowest BCUT2D eigenvalue weighted by Gasteiger charge is -2.26. The summed E-state index contributed by atoms with van der Waals surface area (Å²) >= 11 is 3.48. The van der Waals surface area contributed by atoms with Crippen molar-refractivity contribution < 1.29 is 9.84 Å². The Morgan fingerprint density at radius 1 is 1.53 bits per heavy atom. The van der Waals surface area contributed by atoms with Crippen LogP contribution in [0.15, 0.2) is 22.7 Å². The van der Waals surface area contributed by atoms with Crippen molar-refractivity contribution in [1.82, 2.24) is 5.32 Å². The Kier molecular flexibility index (Phi) is 4.07. The van der Waals surface area contributed by atoms with Crippen LogP contribution in [0.5, 0.6) is 5.75 Å². The number of halogens is 1. The highest BCUT2D eigenvalue weighted by Gasteiger charge is 2.34. The third-order valence-electron chi connectivity index (χ3n) is 3.48. The van der Waals surface area contributed by atoms with Gasteiger partial charge in [-0.05, 0) is 43.1 Å². The first-order valence-corrected chi connectivity index (χ1v) is 6.62. The van der Waals surface area contributed by atoms with Crippen LogP contribution in [0.4, 0.5) is 0 Å². The molecular formula is C13H18BrNO2. The Morgan fingerprint density at radius 3 is 2.94 bits per heavy atom. The van der Waals surface area contributed by atoms with E-state index < -0.39 is 0 Å². The molecule has 1 aromatic rings. The molecular weight excluding hydrogens is 282 g/mol. The van der Waals surface area contributed by atoms with Gasteiger partial charge in [0.1, 0.15) is 5.75 Å². The van der Waals surface area contributed by atoms with Gasteiger partial charge in [-0.2, -0.15) is 0 Å². The van der Waals surface area contributed by atoms with E-state index in [9.17, 15) is 5.11 Å². The SMILES string of the molecule is COc1ccc(Br)cc1CC1(CO)CCNC1. The second-order valence-corrected chi connectivity index (χ2v) is 5.63. The molecule has 1 fully saturated rings. The average molecular weight is 300 g/mol. The maximum absolute atomic E-state index is 9.62. The van der Waals surface area contributed by atoms with Crippen molar-refractivity contribution in [2.75, 3.05) is 26.8 Å². The Morgan fingerprint density at radius 2 is 2.35 bits per heavy atom. The summed E-state index contributed by atoms with van der Waals surface area (Å²) in [7, 11) is 1.69. The molecule has 0 saturated carbocycles. The van der Waals surface area contributed by atoms with Gasteiger partial charge in [0, 0.05) is 16.4 Å². The third-order valence-corrected chi connectivity index (χ3v) is 3.97. The van der Waals surface area contributed by atoms with Crippen molar-refractivity contribution >= 4 is 15.9 Å². The Hall–Kier alpha value is -0.580. The summed E-state index contributed by atoms with van der Waals surface area (Å²) in [5.74, 6) is 0.896. The molecule has 2 N–H and O–H groups in total. The Labute approximate surface area is 110 Å². The van der Waals surface area contributed by atoms with Crippen LogP contribution in [0.25, 0.3) is 0 Å². The van der Waals surface area contributed by atoms with E-state index in [-0.39, 0.29) is 12.0 Å². The normalized spacial score (nSPS) is 23.9. The summed E-state index contributed by atoms with van der Waals surface area (Å²) in [6.07, 6.45) is 1.86. The van der Waals surface area contributed by atoms with Crippen LogP contribution in [0.1, 0.15) is 12.0 Å². The highest BCUT2D eigenvalue weighted by molar-refractivity contribution is 9.10. The second kappa shape index (κ2) is 5.38. The summed E-state index contributed by atoms with van der Waals surface area (Å²) in [5, 5.41) is 12.9. The summed E-state index contributed by atoms with van der Waals surface area (Å²) < 4.78 is 6.43. The lowest BCUT2D eigenvalue weighted by Crippen LogP contribution is -2.30. The predicted octanol–water partition coefficient (Wildman–Crippen LogP) is 1.97. The van der Waals surface area contributed by atoms with Crippen molar-refractivity contribution in [2.24, 2.45) is 5.41 Å². The lowest BCUT2D eigenvalue weighted by molar-refractivity contribution is 0.142. The highest BCUT2D eigenvalue weighted by atomic mass is 79.9. The van der Waals surface area contributed by atoms with E-state index in [1.165, 1.54) is 0 Å². The van der Waals surface area contributed by atoms with E-state index in [2.05, 4.69) is 27.3 Å². The minimum absolute atomic E-state index is 0.0337. The first kappa shape index (κ1) is 12.9. The number of ether oxygens (including phenoxy) is 1. The molecule has 0 aromatic heterocycles. The van der Waals surface area contributed by atoms with Gasteiger partial charge in [0.05, 0.1) is 13.7 Å². The van der Waals surface area contributed by atoms with E-state index in [1.807, 2.05) is 12.1 Å². The molecule has 17 heavy (non-hydrogen) atoms. The van der Waals surface area contributed by atoms with Gasteiger partial charge in [0.15, 0.2) is 0 Å². The van der Waals surface area contributed by atoms with Gasteiger partial charge in [0.2, 0.25) is 0 Å². The standard InChI is InChI=1S/C13H18BrNO2/c1-17-12-3-2-11(14)6-10(12)7-13(9-16)4-5-15-8-13/h2-3,6,15-16H,4-5,7-9H2,1H3. The highest BCUT2D eigenvalue weighted by Crippen LogP contribution is 2.34. The van der Waals surface area contributed by atoms with Crippen LogP contribution in [0, 0.1) is 5.41 Å². The molecule has 1 aliphatic heterocycles. The van der Waals surface area contributed by atoms with Crippen molar-refractivity contribution in [1.29, 1.82) is 0 Å². The van der Waals surface area contributed by atoms with Crippen LogP contribution >= 0.6 is 15.9 Å². The van der Waals surface area contributed by atoms with E-state index in [0.717, 1.165) is 41.7 Å². The van der Waals surface area contributed by atoms with Crippen LogP contribution in [-0.4, -0.2) is 31.9 Å². The number of aliphatic hydroxyl groups excluding tert-OH is 1. The molecule has 0 spiro atoms. The van der Waals surface area contributed by atoms with Crippen LogP contribution in [0.3, 0.4) is 0 Å². The molecule has 0 radical (unpaired) electrons. The van der Waals surface area contributed by atoms with Crippen molar-refractivity contribution in [3.05, 3.63) is 28.2 Å². The van der Waals surface area contributed by atoms with E-state index >= 15 is 0 Å². The number of aliphatic hydroxyl groups is 1. The summed E-state index contributed by atoms with van der Waals surface area (Å²) in [5.41, 5.74) is 1.12. The minimum Gasteiger partial charge on any atom is -0.496 e. The lowest BCUT2D eigenvalue weighted by atomic mass is 9.81. The molecule has 1 aromatic carbocycles. The molecule has 2 rings (SSSR count). The van der Waals surface area contributed by atoms with E-state index in [1.54, 1.807) is 7.11 Å². The molecule has 0 bridgehead atoms. The van der Waals surface area contributed by atoms with Gasteiger partial charge in [-0.1, -0.05) is 15.9 Å². The zero-order valence-corrected chi connectivity index (χ0v) is 11.6.